The van der Waals surface area contributed by atoms with Gasteiger partial charge in [0.2, 0.25) is 15.9 Å². The Morgan fingerprint density at radius 1 is 1.35 bits per heavy atom. The molecule has 0 bridgehead atoms. The van der Waals surface area contributed by atoms with E-state index in [9.17, 15) is 13.2 Å². The van der Waals surface area contributed by atoms with E-state index >= 15 is 0 Å². The molecule has 1 unspecified atom stereocenters. The maximum atomic E-state index is 13.2. The van der Waals surface area contributed by atoms with Gasteiger partial charge in [-0.25, -0.2) is 13.4 Å². The number of piperazine rings is 1. The number of nitrogens with one attached hydrogen (secondary N) is 2. The van der Waals surface area contributed by atoms with Gasteiger partial charge < -0.3 is 15.2 Å². The fraction of sp³-hybridized carbons (Fsp3) is 0.412. The topological polar surface area (TPSA) is 96.3 Å². The first-order valence-electron chi connectivity index (χ1n) is 8.53. The number of carbonyl (C=O) groups excluding carboxylic acids is 1. The predicted molar refractivity (Wildman–Crippen MR) is 98.1 cm³/mol. The number of aryl methyl sites for hydroxylation is 1. The number of anilines is 1. The number of amides is 1. The number of carbonyl (C=O) groups is 1. The smallest absolute Gasteiger partial charge is 0.243 e. The third-order valence-electron chi connectivity index (χ3n) is 4.42. The summed E-state index contributed by atoms with van der Waals surface area (Å²) in [7, 11) is -1.82. The number of sulfonamides is 1. The van der Waals surface area contributed by atoms with E-state index in [-0.39, 0.29) is 16.8 Å². The molecule has 0 radical (unpaired) electrons. The minimum atomic E-state index is -3.68. The van der Waals surface area contributed by atoms with Crippen molar-refractivity contribution in [2.24, 2.45) is 7.05 Å². The maximum absolute atomic E-state index is 13.2. The van der Waals surface area contributed by atoms with E-state index in [4.69, 9.17) is 0 Å². The molecule has 8 nitrogen and oxygen atoms in total. The lowest BCUT2D eigenvalue weighted by atomic mass is 10.2. The molecule has 1 fully saturated rings. The van der Waals surface area contributed by atoms with Crippen molar-refractivity contribution in [1.29, 1.82) is 0 Å². The zero-order valence-electron chi connectivity index (χ0n) is 14.8. The van der Waals surface area contributed by atoms with Gasteiger partial charge in [0.25, 0.3) is 0 Å². The van der Waals surface area contributed by atoms with Gasteiger partial charge in [-0.2, -0.15) is 4.31 Å². The summed E-state index contributed by atoms with van der Waals surface area (Å²) in [6.07, 6.45) is 3.84. The normalized spacial score (nSPS) is 18.6. The molecule has 140 valence electrons. The highest BCUT2D eigenvalue weighted by atomic mass is 32.2. The van der Waals surface area contributed by atoms with E-state index in [1.807, 2.05) is 11.6 Å². The molecule has 2 aromatic rings. The Kier molecular flexibility index (Phi) is 5.40. The molecule has 0 aliphatic carbocycles. The predicted octanol–water partition coefficient (Wildman–Crippen LogP) is 1.10. The molecule has 26 heavy (non-hydrogen) atoms. The van der Waals surface area contributed by atoms with E-state index in [1.54, 1.807) is 31.5 Å². The van der Waals surface area contributed by atoms with Crippen LogP contribution in [0.3, 0.4) is 0 Å². The second-order valence-corrected chi connectivity index (χ2v) is 8.05. The van der Waals surface area contributed by atoms with Gasteiger partial charge in [0.15, 0.2) is 0 Å². The van der Waals surface area contributed by atoms with Gasteiger partial charge in [-0.05, 0) is 24.3 Å². The Bertz CT molecular complexity index is 876. The van der Waals surface area contributed by atoms with Crippen molar-refractivity contribution in [1.82, 2.24) is 19.2 Å². The zero-order chi connectivity index (χ0) is 18.7. The van der Waals surface area contributed by atoms with Gasteiger partial charge in [-0.3, -0.25) is 4.79 Å². The lowest BCUT2D eigenvalue weighted by Crippen LogP contribution is -2.49. The van der Waals surface area contributed by atoms with Gasteiger partial charge in [0.1, 0.15) is 5.82 Å². The number of imidazole rings is 1. The van der Waals surface area contributed by atoms with Crippen LogP contribution in [0.1, 0.15) is 25.2 Å². The van der Waals surface area contributed by atoms with E-state index in [1.165, 1.54) is 16.4 Å². The summed E-state index contributed by atoms with van der Waals surface area (Å²) in [6.45, 7) is 3.23. The number of hydrogen-bond acceptors (Lipinski definition) is 5. The summed E-state index contributed by atoms with van der Waals surface area (Å²) in [4.78, 5) is 16.0. The summed E-state index contributed by atoms with van der Waals surface area (Å²) in [5.41, 5.74) is 0.580. The zero-order valence-corrected chi connectivity index (χ0v) is 15.7. The molecule has 1 amide bonds. The van der Waals surface area contributed by atoms with Gasteiger partial charge >= 0.3 is 0 Å². The summed E-state index contributed by atoms with van der Waals surface area (Å²) in [5.74, 6) is 0.588. The third kappa shape index (κ3) is 3.64. The van der Waals surface area contributed by atoms with Crippen LogP contribution in [-0.2, 0) is 21.9 Å². The van der Waals surface area contributed by atoms with Crippen LogP contribution >= 0.6 is 0 Å². The van der Waals surface area contributed by atoms with E-state index < -0.39 is 10.0 Å². The van der Waals surface area contributed by atoms with Crippen LogP contribution in [0.15, 0.2) is 41.6 Å². The molecule has 2 heterocycles. The van der Waals surface area contributed by atoms with Crippen LogP contribution in [0.25, 0.3) is 0 Å². The molecule has 0 spiro atoms. The fourth-order valence-electron chi connectivity index (χ4n) is 2.99. The van der Waals surface area contributed by atoms with Crippen molar-refractivity contribution in [3.8, 4) is 0 Å². The highest BCUT2D eigenvalue weighted by molar-refractivity contribution is 7.89. The van der Waals surface area contributed by atoms with Crippen LogP contribution in [-0.4, -0.2) is 47.8 Å². The first-order valence-corrected chi connectivity index (χ1v) is 9.97. The van der Waals surface area contributed by atoms with Crippen LogP contribution in [0.4, 0.5) is 5.69 Å². The number of benzene rings is 1. The maximum Gasteiger partial charge on any atom is 0.243 e. The molecular formula is C17H23N5O3S. The van der Waals surface area contributed by atoms with Gasteiger partial charge in [0.05, 0.1) is 10.9 Å². The molecule has 1 aliphatic heterocycles. The lowest BCUT2D eigenvalue weighted by molar-refractivity contribution is -0.115. The number of nitrogens with zero attached hydrogens (tertiary/aromatic N) is 3. The molecule has 9 heteroatoms. The molecule has 1 saturated heterocycles. The molecule has 1 aliphatic rings. The Hall–Kier alpha value is -2.23. The quantitative estimate of drug-likeness (QED) is 0.814. The van der Waals surface area contributed by atoms with Crippen LogP contribution in [0.2, 0.25) is 0 Å². The van der Waals surface area contributed by atoms with Crippen molar-refractivity contribution in [2.45, 2.75) is 24.3 Å². The molecule has 1 atom stereocenters. The highest BCUT2D eigenvalue weighted by Gasteiger charge is 2.36. The van der Waals surface area contributed by atoms with Crippen molar-refractivity contribution < 1.29 is 13.2 Å². The summed E-state index contributed by atoms with van der Waals surface area (Å²) in [5, 5.41) is 5.95. The van der Waals surface area contributed by atoms with Crippen molar-refractivity contribution >= 4 is 21.6 Å². The van der Waals surface area contributed by atoms with E-state index in [2.05, 4.69) is 15.6 Å². The van der Waals surface area contributed by atoms with Crippen LogP contribution in [0.5, 0.6) is 0 Å². The number of aromatic nitrogens is 2. The number of rotatable bonds is 5. The molecule has 1 aromatic carbocycles. The van der Waals surface area contributed by atoms with Crippen molar-refractivity contribution in [3.05, 3.63) is 42.5 Å². The van der Waals surface area contributed by atoms with Crippen LogP contribution < -0.4 is 10.6 Å². The van der Waals surface area contributed by atoms with Gasteiger partial charge in [0, 0.05) is 51.2 Å². The molecule has 3 rings (SSSR count). The Morgan fingerprint density at radius 2 is 2.08 bits per heavy atom. The summed E-state index contributed by atoms with van der Waals surface area (Å²) >= 11 is 0. The van der Waals surface area contributed by atoms with Crippen molar-refractivity contribution in [2.75, 3.05) is 25.0 Å². The van der Waals surface area contributed by atoms with Crippen molar-refractivity contribution in [3.63, 3.8) is 0 Å². The second-order valence-electron chi connectivity index (χ2n) is 6.16. The first-order chi connectivity index (χ1) is 12.4. The summed E-state index contributed by atoms with van der Waals surface area (Å²) < 4.78 is 29.7. The van der Waals surface area contributed by atoms with E-state index in [0.29, 0.717) is 37.6 Å². The average Bonchev–Trinajstić information content (AvgIpc) is 3.08. The minimum absolute atomic E-state index is 0.113. The Labute approximate surface area is 153 Å². The minimum Gasteiger partial charge on any atom is -0.337 e. The highest BCUT2D eigenvalue weighted by Crippen LogP contribution is 2.28. The average molecular weight is 377 g/mol. The number of hydrogen-bond donors (Lipinski definition) is 2. The molecular weight excluding hydrogens is 354 g/mol. The van der Waals surface area contributed by atoms with Crippen LogP contribution in [0, 0.1) is 0 Å². The largest absolute Gasteiger partial charge is 0.337 e. The SMILES string of the molecule is CCC(=O)Nc1ccc(S(=O)(=O)N2CCNCC2c2nccn2C)cc1. The van der Waals surface area contributed by atoms with E-state index in [0.717, 1.165) is 0 Å². The summed E-state index contributed by atoms with van der Waals surface area (Å²) in [6, 6.07) is 5.90. The molecule has 2 N–H and O–H groups in total. The third-order valence-corrected chi connectivity index (χ3v) is 6.34. The van der Waals surface area contributed by atoms with Gasteiger partial charge in [-0.15, -0.1) is 0 Å². The standard InChI is InChI=1S/C17H23N5O3S/c1-3-16(23)20-13-4-6-14(7-5-13)26(24,25)22-11-8-18-12-15(22)17-19-9-10-21(17)2/h4-7,9-10,15,18H,3,8,11-12H2,1-2H3,(H,20,23). The molecule has 0 saturated carbocycles. The van der Waals surface area contributed by atoms with Gasteiger partial charge in [-0.1, -0.05) is 6.92 Å². The Balaban J connectivity index is 1.88. The fourth-order valence-corrected chi connectivity index (χ4v) is 4.57. The monoisotopic (exact) mass is 377 g/mol. The Morgan fingerprint density at radius 3 is 2.69 bits per heavy atom. The second kappa shape index (κ2) is 7.56. The lowest BCUT2D eigenvalue weighted by Gasteiger charge is -2.34. The first kappa shape index (κ1) is 18.6. The molecule has 1 aromatic heterocycles.